The van der Waals surface area contributed by atoms with Crippen LogP contribution in [0.15, 0.2) is 54.7 Å². The molecule has 0 saturated heterocycles. The van der Waals surface area contributed by atoms with E-state index in [2.05, 4.69) is 20.2 Å². The van der Waals surface area contributed by atoms with Crippen LogP contribution in [0.3, 0.4) is 0 Å². The highest BCUT2D eigenvalue weighted by molar-refractivity contribution is 6.00. The van der Waals surface area contributed by atoms with Gasteiger partial charge in [0, 0.05) is 18.7 Å². The Morgan fingerprint density at radius 2 is 1.96 bits per heavy atom. The first-order chi connectivity index (χ1) is 13.2. The molecule has 138 valence electrons. The number of hydrogen-bond donors (Lipinski definition) is 2. The number of benzene rings is 2. The number of para-hydroxylation sites is 2. The van der Waals surface area contributed by atoms with E-state index in [1.165, 1.54) is 0 Å². The van der Waals surface area contributed by atoms with Crippen molar-refractivity contribution in [2.75, 3.05) is 17.2 Å². The molecule has 2 N–H and O–H groups in total. The molecule has 1 aromatic heterocycles. The molecule has 0 bridgehead atoms. The van der Waals surface area contributed by atoms with Gasteiger partial charge in [-0.25, -0.2) is 9.78 Å². The van der Waals surface area contributed by atoms with E-state index in [-0.39, 0.29) is 6.03 Å². The van der Waals surface area contributed by atoms with Crippen molar-refractivity contribution in [2.24, 2.45) is 0 Å². The molecule has 0 radical (unpaired) electrons. The van der Waals surface area contributed by atoms with Crippen molar-refractivity contribution in [3.63, 3.8) is 0 Å². The molecule has 1 aliphatic rings. The van der Waals surface area contributed by atoms with Gasteiger partial charge in [-0.15, -0.1) is 0 Å². The standard InChI is InChI=1S/C21H22N4O2/c1-2-27-19-7-4-3-6-17(19)24-21(26)23-16-11-9-15(10-12-16)18-14-22-20-8-5-13-25(18)20/h3-4,6-7,9-12,14H,2,5,8,13H2,1H3,(H2,23,24,26). The Bertz CT molecular complexity index is 947. The van der Waals surface area contributed by atoms with E-state index in [4.69, 9.17) is 4.74 Å². The number of anilines is 2. The number of rotatable bonds is 5. The van der Waals surface area contributed by atoms with Gasteiger partial charge in [0.2, 0.25) is 0 Å². The second-order valence-electron chi connectivity index (χ2n) is 6.40. The molecule has 2 amide bonds. The molecule has 0 spiro atoms. The number of amides is 2. The van der Waals surface area contributed by atoms with Gasteiger partial charge in [0.15, 0.2) is 0 Å². The Kier molecular flexibility index (Phi) is 4.78. The average molecular weight is 362 g/mol. The van der Waals surface area contributed by atoms with Gasteiger partial charge in [-0.3, -0.25) is 0 Å². The highest BCUT2D eigenvalue weighted by atomic mass is 16.5. The quantitative estimate of drug-likeness (QED) is 0.700. The smallest absolute Gasteiger partial charge is 0.323 e. The van der Waals surface area contributed by atoms with Gasteiger partial charge < -0.3 is 19.9 Å². The topological polar surface area (TPSA) is 68.2 Å². The summed E-state index contributed by atoms with van der Waals surface area (Å²) in [5, 5.41) is 5.69. The summed E-state index contributed by atoms with van der Waals surface area (Å²) in [6.07, 6.45) is 4.12. The summed E-state index contributed by atoms with van der Waals surface area (Å²) in [6, 6.07) is 14.9. The number of fused-ring (bicyclic) bond motifs is 1. The Labute approximate surface area is 158 Å². The van der Waals surface area contributed by atoms with Gasteiger partial charge >= 0.3 is 6.03 Å². The second-order valence-corrected chi connectivity index (χ2v) is 6.40. The Balaban J connectivity index is 1.43. The lowest BCUT2D eigenvalue weighted by Crippen LogP contribution is -2.19. The average Bonchev–Trinajstić information content (AvgIpc) is 3.28. The number of aryl methyl sites for hydroxylation is 1. The number of ether oxygens (including phenoxy) is 1. The van der Waals surface area contributed by atoms with Crippen LogP contribution in [0.2, 0.25) is 0 Å². The molecule has 0 aliphatic carbocycles. The molecule has 0 unspecified atom stereocenters. The third kappa shape index (κ3) is 3.65. The lowest BCUT2D eigenvalue weighted by Gasteiger charge is -2.12. The number of nitrogens with zero attached hydrogens (tertiary/aromatic N) is 2. The maximum Gasteiger partial charge on any atom is 0.323 e. The molecule has 27 heavy (non-hydrogen) atoms. The van der Waals surface area contributed by atoms with E-state index >= 15 is 0 Å². The molecular weight excluding hydrogens is 340 g/mol. The fraction of sp³-hybridized carbons (Fsp3) is 0.238. The SMILES string of the molecule is CCOc1ccccc1NC(=O)Nc1ccc(-c2cnc3n2CCC3)cc1. The number of imidazole rings is 1. The fourth-order valence-electron chi connectivity index (χ4n) is 3.35. The first-order valence-corrected chi connectivity index (χ1v) is 9.19. The van der Waals surface area contributed by atoms with Crippen LogP contribution in [-0.2, 0) is 13.0 Å². The second kappa shape index (κ2) is 7.53. The fourth-order valence-corrected chi connectivity index (χ4v) is 3.35. The molecule has 2 aromatic carbocycles. The van der Waals surface area contributed by atoms with Crippen LogP contribution < -0.4 is 15.4 Å². The zero-order valence-electron chi connectivity index (χ0n) is 15.2. The molecule has 6 heteroatoms. The summed E-state index contributed by atoms with van der Waals surface area (Å²) in [4.78, 5) is 16.8. The summed E-state index contributed by atoms with van der Waals surface area (Å²) in [5.41, 5.74) is 3.60. The van der Waals surface area contributed by atoms with Crippen molar-refractivity contribution in [2.45, 2.75) is 26.3 Å². The molecule has 0 fully saturated rings. The van der Waals surface area contributed by atoms with Crippen LogP contribution in [0, 0.1) is 0 Å². The van der Waals surface area contributed by atoms with Crippen molar-refractivity contribution in [1.82, 2.24) is 9.55 Å². The van der Waals surface area contributed by atoms with Crippen LogP contribution in [0.25, 0.3) is 11.3 Å². The van der Waals surface area contributed by atoms with Gasteiger partial charge in [-0.1, -0.05) is 24.3 Å². The van der Waals surface area contributed by atoms with Gasteiger partial charge in [-0.2, -0.15) is 0 Å². The minimum atomic E-state index is -0.305. The number of hydrogen-bond acceptors (Lipinski definition) is 3. The van der Waals surface area contributed by atoms with E-state index < -0.39 is 0 Å². The highest BCUT2D eigenvalue weighted by Gasteiger charge is 2.16. The van der Waals surface area contributed by atoms with Crippen molar-refractivity contribution in [3.8, 4) is 17.0 Å². The molecule has 0 saturated carbocycles. The lowest BCUT2D eigenvalue weighted by molar-refractivity contribution is 0.262. The number of aromatic nitrogens is 2. The van der Waals surface area contributed by atoms with E-state index in [0.29, 0.717) is 18.0 Å². The summed E-state index contributed by atoms with van der Waals surface area (Å²) >= 11 is 0. The summed E-state index contributed by atoms with van der Waals surface area (Å²) in [7, 11) is 0. The van der Waals surface area contributed by atoms with Crippen molar-refractivity contribution >= 4 is 17.4 Å². The monoisotopic (exact) mass is 362 g/mol. The maximum atomic E-state index is 12.3. The zero-order chi connectivity index (χ0) is 18.6. The van der Waals surface area contributed by atoms with E-state index in [9.17, 15) is 4.79 Å². The van der Waals surface area contributed by atoms with E-state index in [0.717, 1.165) is 42.2 Å². The summed E-state index contributed by atoms with van der Waals surface area (Å²) < 4.78 is 7.79. The molecule has 6 nitrogen and oxygen atoms in total. The Morgan fingerprint density at radius 3 is 2.78 bits per heavy atom. The van der Waals surface area contributed by atoms with E-state index in [1.54, 1.807) is 0 Å². The number of nitrogens with one attached hydrogen (secondary N) is 2. The van der Waals surface area contributed by atoms with Gasteiger partial charge in [-0.05, 0) is 43.2 Å². The highest BCUT2D eigenvalue weighted by Crippen LogP contribution is 2.27. The Hall–Kier alpha value is -3.28. The van der Waals surface area contributed by atoms with Crippen LogP contribution in [0.1, 0.15) is 19.2 Å². The minimum Gasteiger partial charge on any atom is -0.492 e. The summed E-state index contributed by atoms with van der Waals surface area (Å²) in [6.45, 7) is 3.47. The van der Waals surface area contributed by atoms with Crippen LogP contribution in [0.4, 0.5) is 16.2 Å². The van der Waals surface area contributed by atoms with Gasteiger partial charge in [0.1, 0.15) is 11.6 Å². The lowest BCUT2D eigenvalue weighted by atomic mass is 10.1. The predicted octanol–water partition coefficient (Wildman–Crippen LogP) is 4.54. The largest absolute Gasteiger partial charge is 0.492 e. The van der Waals surface area contributed by atoms with E-state index in [1.807, 2.05) is 61.7 Å². The van der Waals surface area contributed by atoms with Crippen molar-refractivity contribution in [3.05, 3.63) is 60.6 Å². The third-order valence-electron chi connectivity index (χ3n) is 4.59. The van der Waals surface area contributed by atoms with Gasteiger partial charge in [0.05, 0.1) is 24.2 Å². The molecule has 3 aromatic rings. The third-order valence-corrected chi connectivity index (χ3v) is 4.59. The van der Waals surface area contributed by atoms with Crippen LogP contribution >= 0.6 is 0 Å². The number of carbonyl (C=O) groups is 1. The number of carbonyl (C=O) groups excluding carboxylic acids is 1. The maximum absolute atomic E-state index is 12.3. The van der Waals surface area contributed by atoms with Crippen LogP contribution in [0.5, 0.6) is 5.75 Å². The normalized spacial score (nSPS) is 12.5. The summed E-state index contributed by atoms with van der Waals surface area (Å²) in [5.74, 6) is 1.81. The van der Waals surface area contributed by atoms with Crippen molar-refractivity contribution < 1.29 is 9.53 Å². The minimum absolute atomic E-state index is 0.305. The predicted molar refractivity (Wildman–Crippen MR) is 106 cm³/mol. The van der Waals surface area contributed by atoms with Crippen molar-refractivity contribution in [1.29, 1.82) is 0 Å². The first-order valence-electron chi connectivity index (χ1n) is 9.19. The first kappa shape index (κ1) is 17.1. The van der Waals surface area contributed by atoms with Crippen LogP contribution in [-0.4, -0.2) is 22.2 Å². The molecular formula is C21H22N4O2. The molecule has 0 atom stereocenters. The zero-order valence-corrected chi connectivity index (χ0v) is 15.2. The number of urea groups is 1. The molecule has 2 heterocycles. The molecule has 4 rings (SSSR count). The van der Waals surface area contributed by atoms with Gasteiger partial charge in [0.25, 0.3) is 0 Å². The Morgan fingerprint density at radius 1 is 1.15 bits per heavy atom. The molecule has 1 aliphatic heterocycles.